The Bertz CT molecular complexity index is 705. The number of hydrogen-bond donors (Lipinski definition) is 0. The Morgan fingerprint density at radius 1 is 1.43 bits per heavy atom. The second kappa shape index (κ2) is 7.38. The van der Waals surface area contributed by atoms with E-state index in [9.17, 15) is 4.79 Å². The molecule has 0 aliphatic carbocycles. The van der Waals surface area contributed by atoms with Crippen molar-refractivity contribution in [2.45, 2.75) is 32.6 Å². The molecule has 0 aliphatic rings. The van der Waals surface area contributed by atoms with Gasteiger partial charge in [0.15, 0.2) is 0 Å². The molecule has 0 saturated heterocycles. The molecule has 1 aromatic carbocycles. The van der Waals surface area contributed by atoms with E-state index in [1.807, 2.05) is 51.1 Å². The normalized spacial score (nSPS) is 14.5. The molecule has 0 aliphatic heterocycles. The van der Waals surface area contributed by atoms with Gasteiger partial charge in [-0.05, 0) is 19.4 Å². The van der Waals surface area contributed by atoms with Crippen molar-refractivity contribution < 1.29 is 9.53 Å². The van der Waals surface area contributed by atoms with Crippen LogP contribution in [0.15, 0.2) is 35.8 Å². The SMILES string of the molecule is Cc1ncsc1C(C)(C(=O)OCC(C)CC#N)c1ccccc1. The monoisotopic (exact) mass is 328 g/mol. The lowest BCUT2D eigenvalue weighted by Crippen LogP contribution is -2.36. The third kappa shape index (κ3) is 3.59. The maximum atomic E-state index is 12.9. The van der Waals surface area contributed by atoms with E-state index in [0.29, 0.717) is 6.42 Å². The highest BCUT2D eigenvalue weighted by atomic mass is 32.1. The van der Waals surface area contributed by atoms with Gasteiger partial charge in [0.1, 0.15) is 5.41 Å². The standard InChI is InChI=1S/C18H20N2O2S/c1-13(9-10-19)11-22-17(21)18(3,15-7-5-4-6-8-15)16-14(2)20-12-23-16/h4-8,12-13H,9,11H2,1-3H3. The molecule has 23 heavy (non-hydrogen) atoms. The highest BCUT2D eigenvalue weighted by Gasteiger charge is 2.41. The van der Waals surface area contributed by atoms with Crippen LogP contribution in [0.1, 0.15) is 36.4 Å². The van der Waals surface area contributed by atoms with Crippen LogP contribution in [0.5, 0.6) is 0 Å². The summed E-state index contributed by atoms with van der Waals surface area (Å²) >= 11 is 1.46. The Hall–Kier alpha value is -2.19. The van der Waals surface area contributed by atoms with Crippen LogP contribution in [0.3, 0.4) is 0 Å². The number of benzene rings is 1. The van der Waals surface area contributed by atoms with Gasteiger partial charge in [-0.25, -0.2) is 4.98 Å². The first-order valence-electron chi connectivity index (χ1n) is 7.50. The maximum absolute atomic E-state index is 12.9. The van der Waals surface area contributed by atoms with Crippen LogP contribution in [-0.4, -0.2) is 17.6 Å². The van der Waals surface area contributed by atoms with Crippen molar-refractivity contribution >= 4 is 17.3 Å². The largest absolute Gasteiger partial charge is 0.464 e. The fourth-order valence-corrected chi connectivity index (χ4v) is 3.45. The molecule has 2 unspecified atom stereocenters. The van der Waals surface area contributed by atoms with E-state index < -0.39 is 5.41 Å². The van der Waals surface area contributed by atoms with Gasteiger partial charge in [0.2, 0.25) is 0 Å². The second-order valence-electron chi connectivity index (χ2n) is 5.82. The van der Waals surface area contributed by atoms with E-state index in [-0.39, 0.29) is 18.5 Å². The number of nitriles is 1. The zero-order valence-electron chi connectivity index (χ0n) is 13.6. The number of carbonyl (C=O) groups excluding carboxylic acids is 1. The Morgan fingerprint density at radius 2 is 2.13 bits per heavy atom. The third-order valence-electron chi connectivity index (χ3n) is 3.90. The number of thiazole rings is 1. The molecule has 5 heteroatoms. The number of hydrogen-bond acceptors (Lipinski definition) is 5. The molecule has 0 amide bonds. The first-order chi connectivity index (χ1) is 11.0. The number of nitrogens with zero attached hydrogens (tertiary/aromatic N) is 2. The lowest BCUT2D eigenvalue weighted by molar-refractivity contribution is -0.149. The number of carbonyl (C=O) groups is 1. The maximum Gasteiger partial charge on any atom is 0.321 e. The van der Waals surface area contributed by atoms with Crippen LogP contribution in [0.2, 0.25) is 0 Å². The molecule has 0 fully saturated rings. The van der Waals surface area contributed by atoms with Gasteiger partial charge in [-0.3, -0.25) is 4.79 Å². The minimum atomic E-state index is -0.890. The van der Waals surface area contributed by atoms with Crippen molar-refractivity contribution in [2.24, 2.45) is 5.92 Å². The number of aryl methyl sites for hydroxylation is 1. The van der Waals surface area contributed by atoms with Crippen LogP contribution in [0.25, 0.3) is 0 Å². The molecule has 0 radical (unpaired) electrons. The lowest BCUT2D eigenvalue weighted by Gasteiger charge is -2.28. The molecule has 2 rings (SSSR count). The number of rotatable bonds is 6. The molecule has 0 spiro atoms. The zero-order valence-corrected chi connectivity index (χ0v) is 14.4. The van der Waals surface area contributed by atoms with Gasteiger partial charge < -0.3 is 4.74 Å². The molecule has 0 N–H and O–H groups in total. The topological polar surface area (TPSA) is 63.0 Å². The summed E-state index contributed by atoms with van der Waals surface area (Å²) in [6.07, 6.45) is 0.370. The first-order valence-corrected chi connectivity index (χ1v) is 8.38. The van der Waals surface area contributed by atoms with E-state index in [4.69, 9.17) is 10.00 Å². The van der Waals surface area contributed by atoms with Crippen LogP contribution in [0, 0.1) is 24.2 Å². The lowest BCUT2D eigenvalue weighted by atomic mass is 9.80. The smallest absolute Gasteiger partial charge is 0.321 e. The highest BCUT2D eigenvalue weighted by Crippen LogP contribution is 2.37. The van der Waals surface area contributed by atoms with E-state index in [1.165, 1.54) is 11.3 Å². The summed E-state index contributed by atoms with van der Waals surface area (Å²) in [6, 6.07) is 11.7. The Labute approximate surface area is 140 Å². The minimum Gasteiger partial charge on any atom is -0.464 e. The fraction of sp³-hybridized carbons (Fsp3) is 0.389. The average molecular weight is 328 g/mol. The van der Waals surface area contributed by atoms with Crippen LogP contribution >= 0.6 is 11.3 Å². The summed E-state index contributed by atoms with van der Waals surface area (Å²) in [5.41, 5.74) is 2.57. The number of aromatic nitrogens is 1. The summed E-state index contributed by atoms with van der Waals surface area (Å²) in [5.74, 6) is -0.285. The molecule has 2 atom stereocenters. The molecule has 1 heterocycles. The molecular formula is C18H20N2O2S. The average Bonchev–Trinajstić information content (AvgIpc) is 2.99. The summed E-state index contributed by atoms with van der Waals surface area (Å²) in [6.45, 7) is 5.92. The number of ether oxygens (including phenoxy) is 1. The predicted octanol–water partition coefficient (Wildman–Crippen LogP) is 3.85. The first kappa shape index (κ1) is 17.2. The van der Waals surface area contributed by atoms with Gasteiger partial charge in [0.05, 0.1) is 23.9 Å². The summed E-state index contributed by atoms with van der Waals surface area (Å²) in [7, 11) is 0. The fourth-order valence-electron chi connectivity index (χ4n) is 2.47. The van der Waals surface area contributed by atoms with Crippen molar-refractivity contribution in [1.82, 2.24) is 4.98 Å². The van der Waals surface area contributed by atoms with Gasteiger partial charge in [-0.15, -0.1) is 11.3 Å². The van der Waals surface area contributed by atoms with E-state index in [1.54, 1.807) is 5.51 Å². The van der Waals surface area contributed by atoms with Crippen molar-refractivity contribution in [3.8, 4) is 6.07 Å². The molecular weight excluding hydrogens is 308 g/mol. The van der Waals surface area contributed by atoms with E-state index >= 15 is 0 Å². The van der Waals surface area contributed by atoms with Crippen LogP contribution < -0.4 is 0 Å². The highest BCUT2D eigenvalue weighted by molar-refractivity contribution is 7.10. The van der Waals surface area contributed by atoms with Crippen LogP contribution in [-0.2, 0) is 14.9 Å². The summed E-state index contributed by atoms with van der Waals surface area (Å²) < 4.78 is 5.54. The van der Waals surface area contributed by atoms with Gasteiger partial charge in [-0.1, -0.05) is 37.3 Å². The van der Waals surface area contributed by atoms with Crippen molar-refractivity contribution in [3.05, 3.63) is 52.0 Å². The Kier molecular flexibility index (Phi) is 5.51. The third-order valence-corrected chi connectivity index (χ3v) is 5.05. The molecule has 4 nitrogen and oxygen atoms in total. The van der Waals surface area contributed by atoms with Gasteiger partial charge in [0, 0.05) is 17.2 Å². The Balaban J connectivity index is 2.34. The molecule has 0 bridgehead atoms. The Morgan fingerprint density at radius 3 is 2.70 bits per heavy atom. The predicted molar refractivity (Wildman–Crippen MR) is 90.1 cm³/mol. The molecule has 1 aromatic heterocycles. The molecule has 2 aromatic rings. The van der Waals surface area contributed by atoms with E-state index in [0.717, 1.165) is 16.1 Å². The van der Waals surface area contributed by atoms with Gasteiger partial charge >= 0.3 is 5.97 Å². The van der Waals surface area contributed by atoms with Crippen LogP contribution in [0.4, 0.5) is 0 Å². The van der Waals surface area contributed by atoms with E-state index in [2.05, 4.69) is 11.1 Å². The van der Waals surface area contributed by atoms with Gasteiger partial charge in [0.25, 0.3) is 0 Å². The quantitative estimate of drug-likeness (QED) is 0.756. The minimum absolute atomic E-state index is 0.0199. The van der Waals surface area contributed by atoms with Gasteiger partial charge in [-0.2, -0.15) is 5.26 Å². The molecule has 0 saturated carbocycles. The second-order valence-corrected chi connectivity index (χ2v) is 6.68. The van der Waals surface area contributed by atoms with Crippen molar-refractivity contribution in [1.29, 1.82) is 5.26 Å². The van der Waals surface area contributed by atoms with Crippen molar-refractivity contribution in [2.75, 3.05) is 6.61 Å². The molecule has 120 valence electrons. The summed E-state index contributed by atoms with van der Waals surface area (Å²) in [4.78, 5) is 18.1. The van der Waals surface area contributed by atoms with Crippen molar-refractivity contribution in [3.63, 3.8) is 0 Å². The zero-order chi connectivity index (χ0) is 16.9. The summed E-state index contributed by atoms with van der Waals surface area (Å²) in [5, 5.41) is 8.73. The number of esters is 1.